The Bertz CT molecular complexity index is 1250. The highest BCUT2D eigenvalue weighted by molar-refractivity contribution is 6.27. The summed E-state index contributed by atoms with van der Waals surface area (Å²) in [6, 6.07) is 4.99. The molecule has 4 heterocycles. The number of para-hydroxylation sites is 1. The maximum absolute atomic E-state index is 14.2. The third-order valence-electron chi connectivity index (χ3n) is 6.18. The average molecular weight is 523 g/mol. The van der Waals surface area contributed by atoms with Gasteiger partial charge in [0.25, 0.3) is 6.43 Å². The number of alkyl halides is 3. The minimum absolute atomic E-state index is 0.0201. The van der Waals surface area contributed by atoms with Gasteiger partial charge in [-0.1, -0.05) is 6.07 Å². The molecule has 0 bridgehead atoms. The zero-order valence-electron chi connectivity index (χ0n) is 19.5. The van der Waals surface area contributed by atoms with Gasteiger partial charge in [-0.3, -0.25) is 9.36 Å². The van der Waals surface area contributed by atoms with Crippen LogP contribution in [-0.2, 0) is 9.53 Å². The first-order valence-electron chi connectivity index (χ1n) is 11.5. The lowest BCUT2D eigenvalue weighted by molar-refractivity contribution is -0.128. The first-order chi connectivity index (χ1) is 17.5. The number of rotatable bonds is 7. The van der Waals surface area contributed by atoms with E-state index in [0.29, 0.717) is 56.5 Å². The molecule has 14 heteroatoms. The molecule has 36 heavy (non-hydrogen) atoms. The van der Waals surface area contributed by atoms with Crippen LogP contribution in [0.4, 0.5) is 20.7 Å². The summed E-state index contributed by atoms with van der Waals surface area (Å²) < 4.78 is 40.3. The first kappa shape index (κ1) is 24.4. The summed E-state index contributed by atoms with van der Waals surface area (Å²) in [4.78, 5) is 33.6. The molecule has 0 spiro atoms. The molecule has 0 aliphatic carbocycles. The van der Waals surface area contributed by atoms with Crippen molar-refractivity contribution in [3.05, 3.63) is 24.0 Å². The number of amides is 1. The van der Waals surface area contributed by atoms with Crippen LogP contribution in [0.3, 0.4) is 0 Å². The normalized spacial score (nSPS) is 18.3. The number of hydrogen-bond acceptors (Lipinski definition) is 9. The quantitative estimate of drug-likeness (QED) is 0.468. The van der Waals surface area contributed by atoms with E-state index in [1.807, 2.05) is 4.90 Å². The summed E-state index contributed by atoms with van der Waals surface area (Å²) in [7, 11) is 1.45. The van der Waals surface area contributed by atoms with Crippen LogP contribution in [0.1, 0.15) is 25.1 Å². The van der Waals surface area contributed by atoms with E-state index in [9.17, 15) is 13.6 Å². The van der Waals surface area contributed by atoms with Crippen molar-refractivity contribution in [2.45, 2.75) is 25.4 Å². The van der Waals surface area contributed by atoms with Gasteiger partial charge in [0.15, 0.2) is 5.82 Å². The van der Waals surface area contributed by atoms with Gasteiger partial charge in [-0.15, -0.1) is 11.6 Å². The predicted octanol–water partition coefficient (Wildman–Crippen LogP) is 2.59. The number of morpholine rings is 1. The summed E-state index contributed by atoms with van der Waals surface area (Å²) in [5, 5.41) is 3.19. The van der Waals surface area contributed by atoms with Gasteiger partial charge in [0.05, 0.1) is 25.8 Å². The monoisotopic (exact) mass is 522 g/mol. The van der Waals surface area contributed by atoms with E-state index in [2.05, 4.69) is 25.3 Å². The fourth-order valence-electron chi connectivity index (χ4n) is 4.48. The van der Waals surface area contributed by atoms with Crippen molar-refractivity contribution in [1.82, 2.24) is 29.4 Å². The molecule has 2 aromatic heterocycles. The smallest absolute Gasteiger partial charge is 0.296 e. The van der Waals surface area contributed by atoms with E-state index in [4.69, 9.17) is 21.1 Å². The maximum Gasteiger partial charge on any atom is 0.296 e. The number of carbonyl (C=O) groups excluding carboxylic acids is 1. The molecule has 2 aliphatic rings. The summed E-state index contributed by atoms with van der Waals surface area (Å²) in [5.41, 5.74) is 0.641. The second kappa shape index (κ2) is 10.3. The van der Waals surface area contributed by atoms with Crippen LogP contribution in [0.2, 0.25) is 0 Å². The Morgan fingerprint density at radius 2 is 1.97 bits per heavy atom. The second-order valence-corrected chi connectivity index (χ2v) is 8.58. The van der Waals surface area contributed by atoms with Crippen LogP contribution < -0.4 is 15.0 Å². The molecule has 0 radical (unpaired) electrons. The molecule has 2 fully saturated rings. The molecule has 1 atom stereocenters. The number of carbonyl (C=O) groups is 1. The Hall–Kier alpha value is -3.32. The van der Waals surface area contributed by atoms with E-state index < -0.39 is 12.2 Å². The van der Waals surface area contributed by atoms with Gasteiger partial charge in [0, 0.05) is 19.6 Å². The second-order valence-electron chi connectivity index (χ2n) is 8.32. The van der Waals surface area contributed by atoms with Crippen molar-refractivity contribution < 1.29 is 23.0 Å². The fraction of sp³-hybridized carbons (Fsp3) is 0.500. The van der Waals surface area contributed by atoms with Gasteiger partial charge in [0.2, 0.25) is 23.8 Å². The molecule has 192 valence electrons. The lowest BCUT2D eigenvalue weighted by Gasteiger charge is -2.28. The van der Waals surface area contributed by atoms with E-state index in [1.54, 1.807) is 23.1 Å². The van der Waals surface area contributed by atoms with E-state index in [1.165, 1.54) is 11.7 Å². The standard InChI is InChI=1S/C22H25ClF2N8O3/c1-35-14-5-2-4-13-17(14)27-19(18(24)25)33(13)22-29-20(26-15-6-3-7-32(15)16(34)12-23)28-21(30-22)31-8-10-36-11-9-31/h2,4-5,15,18H,3,6-12H2,1H3,(H,26,28,29,30). The Balaban J connectivity index is 1.63. The van der Waals surface area contributed by atoms with Crippen LogP contribution in [-0.4, -0.2) is 87.3 Å². The number of nitrogens with zero attached hydrogens (tertiary/aromatic N) is 7. The molecule has 3 aromatic rings. The number of likely N-dealkylation sites (tertiary alicyclic amines) is 1. The molecule has 2 saturated heterocycles. The molecule has 2 aliphatic heterocycles. The summed E-state index contributed by atoms with van der Waals surface area (Å²) in [5.74, 6) is -0.0557. The molecule has 1 N–H and O–H groups in total. The van der Waals surface area contributed by atoms with Crippen molar-refractivity contribution in [1.29, 1.82) is 0 Å². The molecule has 11 nitrogen and oxygen atoms in total. The van der Waals surface area contributed by atoms with Gasteiger partial charge < -0.3 is 24.6 Å². The van der Waals surface area contributed by atoms with Gasteiger partial charge >= 0.3 is 0 Å². The number of fused-ring (bicyclic) bond motifs is 1. The number of ether oxygens (including phenoxy) is 2. The van der Waals surface area contributed by atoms with E-state index >= 15 is 0 Å². The van der Waals surface area contributed by atoms with Crippen LogP contribution in [0.15, 0.2) is 18.2 Å². The van der Waals surface area contributed by atoms with Gasteiger partial charge in [-0.05, 0) is 25.0 Å². The van der Waals surface area contributed by atoms with Gasteiger partial charge in [-0.2, -0.15) is 15.0 Å². The predicted molar refractivity (Wildman–Crippen MR) is 128 cm³/mol. The van der Waals surface area contributed by atoms with Crippen molar-refractivity contribution in [2.24, 2.45) is 0 Å². The van der Waals surface area contributed by atoms with Crippen LogP contribution in [0.25, 0.3) is 17.0 Å². The number of imidazole rings is 1. The molecule has 0 saturated carbocycles. The van der Waals surface area contributed by atoms with Crippen molar-refractivity contribution in [2.75, 3.05) is 56.1 Å². The van der Waals surface area contributed by atoms with Gasteiger partial charge in [-0.25, -0.2) is 13.8 Å². The fourth-order valence-corrected chi connectivity index (χ4v) is 4.63. The van der Waals surface area contributed by atoms with Crippen LogP contribution in [0.5, 0.6) is 5.75 Å². The van der Waals surface area contributed by atoms with Crippen LogP contribution >= 0.6 is 11.6 Å². The number of nitrogens with one attached hydrogen (secondary N) is 1. The first-order valence-corrected chi connectivity index (χ1v) is 12.1. The summed E-state index contributed by atoms with van der Waals surface area (Å²) >= 11 is 5.78. The SMILES string of the molecule is COc1cccc2c1nc(C(F)F)n2-c1nc(NC2CCCN2C(=O)CCl)nc(N2CCOCC2)n1. The molecule has 1 aromatic carbocycles. The highest BCUT2D eigenvalue weighted by Crippen LogP contribution is 2.32. The maximum atomic E-state index is 14.2. The number of methoxy groups -OCH3 is 1. The lowest BCUT2D eigenvalue weighted by Crippen LogP contribution is -2.41. The summed E-state index contributed by atoms with van der Waals surface area (Å²) in [6.07, 6.45) is -1.81. The average Bonchev–Trinajstić information content (AvgIpc) is 3.53. The molecular formula is C22H25ClF2N8O3. The van der Waals surface area contributed by atoms with E-state index in [0.717, 1.165) is 6.42 Å². The number of anilines is 2. The lowest BCUT2D eigenvalue weighted by atomic mass is 10.3. The minimum atomic E-state index is -2.89. The van der Waals surface area contributed by atoms with Crippen molar-refractivity contribution in [3.8, 4) is 11.7 Å². The Labute approximate surface area is 210 Å². The highest BCUT2D eigenvalue weighted by Gasteiger charge is 2.30. The molecule has 1 amide bonds. The van der Waals surface area contributed by atoms with Crippen molar-refractivity contribution in [3.63, 3.8) is 0 Å². The number of benzene rings is 1. The third kappa shape index (κ3) is 4.60. The Kier molecular flexibility index (Phi) is 7.01. The molecular weight excluding hydrogens is 498 g/mol. The Morgan fingerprint density at radius 1 is 1.19 bits per heavy atom. The van der Waals surface area contributed by atoms with Crippen molar-refractivity contribution >= 4 is 40.4 Å². The van der Waals surface area contributed by atoms with E-state index in [-0.39, 0.29) is 35.4 Å². The van der Waals surface area contributed by atoms with Gasteiger partial charge in [0.1, 0.15) is 23.3 Å². The topological polar surface area (TPSA) is 111 Å². The highest BCUT2D eigenvalue weighted by atomic mass is 35.5. The minimum Gasteiger partial charge on any atom is -0.494 e. The number of hydrogen-bond donors (Lipinski definition) is 1. The summed E-state index contributed by atoms with van der Waals surface area (Å²) in [6.45, 7) is 2.58. The molecule has 5 rings (SSSR count). The third-order valence-corrected chi connectivity index (χ3v) is 6.41. The Morgan fingerprint density at radius 3 is 2.69 bits per heavy atom. The zero-order chi connectivity index (χ0) is 25.2. The zero-order valence-corrected chi connectivity index (χ0v) is 20.3. The number of halogens is 3. The van der Waals surface area contributed by atoms with Crippen LogP contribution in [0, 0.1) is 0 Å². The molecule has 1 unspecified atom stereocenters. The largest absolute Gasteiger partial charge is 0.494 e. The number of aromatic nitrogens is 5.